The minimum atomic E-state index is -3.84. The Labute approximate surface area is 191 Å². The second kappa shape index (κ2) is 8.45. The van der Waals surface area contributed by atoms with Crippen LogP contribution in [0.5, 0.6) is 0 Å². The molecule has 0 fully saturated rings. The molecule has 1 amide bonds. The van der Waals surface area contributed by atoms with Gasteiger partial charge in [0, 0.05) is 26.6 Å². The Balaban J connectivity index is 1.70. The van der Waals surface area contributed by atoms with Crippen LogP contribution in [0, 0.1) is 5.82 Å². The fourth-order valence-corrected chi connectivity index (χ4v) is 5.17. The average molecular weight is 522 g/mol. The lowest BCUT2D eigenvalue weighted by Gasteiger charge is -2.08. The van der Waals surface area contributed by atoms with Crippen LogP contribution >= 0.6 is 27.5 Å². The van der Waals surface area contributed by atoms with Crippen molar-refractivity contribution in [2.45, 2.75) is 16.3 Å². The molecule has 0 aliphatic carbocycles. The van der Waals surface area contributed by atoms with Crippen LogP contribution in [0.4, 0.5) is 10.1 Å². The van der Waals surface area contributed by atoms with Crippen molar-refractivity contribution in [3.63, 3.8) is 0 Å². The largest absolute Gasteiger partial charge is 0.337 e. The Morgan fingerprint density at radius 1 is 1.06 bits per heavy atom. The van der Waals surface area contributed by atoms with Gasteiger partial charge < -0.3 is 9.88 Å². The normalized spacial score (nSPS) is 11.6. The SMILES string of the molecule is O=C(Cn1cc(S(=O)(=O)c2ccc(Cl)cc2)c2ccccc21)Nc1ccc(Br)cc1F. The van der Waals surface area contributed by atoms with Crippen molar-refractivity contribution in [1.29, 1.82) is 0 Å². The monoisotopic (exact) mass is 520 g/mol. The van der Waals surface area contributed by atoms with Gasteiger partial charge in [-0.2, -0.15) is 0 Å². The van der Waals surface area contributed by atoms with Crippen molar-refractivity contribution in [3.05, 3.63) is 88.2 Å². The molecule has 158 valence electrons. The predicted molar refractivity (Wildman–Crippen MR) is 122 cm³/mol. The highest BCUT2D eigenvalue weighted by Gasteiger charge is 2.24. The number of benzene rings is 3. The van der Waals surface area contributed by atoms with E-state index >= 15 is 0 Å². The molecule has 4 rings (SSSR count). The van der Waals surface area contributed by atoms with E-state index in [2.05, 4.69) is 21.2 Å². The van der Waals surface area contributed by atoms with Crippen LogP contribution in [-0.2, 0) is 21.2 Å². The number of fused-ring (bicyclic) bond motifs is 1. The average Bonchev–Trinajstić information content (AvgIpc) is 3.10. The number of para-hydroxylation sites is 1. The lowest BCUT2D eigenvalue weighted by atomic mass is 10.2. The zero-order valence-electron chi connectivity index (χ0n) is 15.8. The van der Waals surface area contributed by atoms with Crippen LogP contribution < -0.4 is 5.32 Å². The van der Waals surface area contributed by atoms with Crippen molar-refractivity contribution < 1.29 is 17.6 Å². The fraction of sp³-hybridized carbons (Fsp3) is 0.0455. The molecule has 9 heteroatoms. The Morgan fingerprint density at radius 3 is 2.48 bits per heavy atom. The standard InChI is InChI=1S/C22H15BrClFN2O3S/c23-14-5-10-19(18(25)11-14)26-22(28)13-27-12-21(17-3-1-2-4-20(17)27)31(29,30)16-8-6-15(24)7-9-16/h1-12H,13H2,(H,26,28). The molecule has 0 aliphatic heterocycles. The van der Waals surface area contributed by atoms with Gasteiger partial charge in [0.25, 0.3) is 0 Å². The molecule has 0 radical (unpaired) electrons. The van der Waals surface area contributed by atoms with Crippen molar-refractivity contribution in [1.82, 2.24) is 4.57 Å². The van der Waals surface area contributed by atoms with Gasteiger partial charge in [0.2, 0.25) is 15.7 Å². The van der Waals surface area contributed by atoms with Gasteiger partial charge in [0.1, 0.15) is 12.4 Å². The van der Waals surface area contributed by atoms with Gasteiger partial charge in [-0.15, -0.1) is 0 Å². The molecule has 1 heterocycles. The zero-order chi connectivity index (χ0) is 22.2. The van der Waals surface area contributed by atoms with Crippen LogP contribution in [0.15, 0.2) is 87.2 Å². The molecular weight excluding hydrogens is 507 g/mol. The van der Waals surface area contributed by atoms with Gasteiger partial charge in [0.15, 0.2) is 0 Å². The number of hydrogen-bond donors (Lipinski definition) is 1. The molecule has 1 aromatic heterocycles. The molecule has 31 heavy (non-hydrogen) atoms. The van der Waals surface area contributed by atoms with E-state index in [-0.39, 0.29) is 22.0 Å². The van der Waals surface area contributed by atoms with Crippen molar-refractivity contribution >= 4 is 59.9 Å². The van der Waals surface area contributed by atoms with Crippen LogP contribution in [-0.4, -0.2) is 18.9 Å². The number of sulfone groups is 1. The summed E-state index contributed by atoms with van der Waals surface area (Å²) in [4.78, 5) is 12.7. The highest BCUT2D eigenvalue weighted by atomic mass is 79.9. The summed E-state index contributed by atoms with van der Waals surface area (Å²) in [5.41, 5.74) is 0.611. The summed E-state index contributed by atoms with van der Waals surface area (Å²) >= 11 is 9.04. The maximum Gasteiger partial charge on any atom is 0.244 e. The van der Waals surface area contributed by atoms with Crippen LogP contribution in [0.2, 0.25) is 5.02 Å². The van der Waals surface area contributed by atoms with E-state index in [1.165, 1.54) is 47.2 Å². The lowest BCUT2D eigenvalue weighted by Crippen LogP contribution is -2.19. The first-order chi connectivity index (χ1) is 14.8. The molecule has 0 unspecified atom stereocenters. The highest BCUT2D eigenvalue weighted by molar-refractivity contribution is 9.10. The molecule has 1 N–H and O–H groups in total. The van der Waals surface area contributed by atoms with E-state index in [4.69, 9.17) is 11.6 Å². The third-order valence-corrected chi connectivity index (χ3v) is 7.23. The first kappa shape index (κ1) is 21.5. The smallest absolute Gasteiger partial charge is 0.244 e. The summed E-state index contributed by atoms with van der Waals surface area (Å²) in [5.74, 6) is -1.07. The number of halogens is 3. The number of rotatable bonds is 5. The topological polar surface area (TPSA) is 68.2 Å². The lowest BCUT2D eigenvalue weighted by molar-refractivity contribution is -0.116. The van der Waals surface area contributed by atoms with Crippen molar-refractivity contribution in [3.8, 4) is 0 Å². The minimum absolute atomic E-state index is 0.0404. The summed E-state index contributed by atoms with van der Waals surface area (Å²) in [6.07, 6.45) is 1.42. The Bertz CT molecular complexity index is 1400. The summed E-state index contributed by atoms with van der Waals surface area (Å²) in [5, 5.41) is 3.43. The Kier molecular flexibility index (Phi) is 5.88. The molecule has 3 aromatic carbocycles. The van der Waals surface area contributed by atoms with E-state index < -0.39 is 21.6 Å². The van der Waals surface area contributed by atoms with E-state index in [0.717, 1.165) is 0 Å². The number of anilines is 1. The van der Waals surface area contributed by atoms with Crippen LogP contribution in [0.1, 0.15) is 0 Å². The van der Waals surface area contributed by atoms with Crippen molar-refractivity contribution in [2.24, 2.45) is 0 Å². The first-order valence-electron chi connectivity index (χ1n) is 9.09. The van der Waals surface area contributed by atoms with E-state index in [1.54, 1.807) is 30.3 Å². The van der Waals surface area contributed by atoms with Gasteiger partial charge in [-0.25, -0.2) is 12.8 Å². The molecule has 5 nitrogen and oxygen atoms in total. The molecule has 0 atom stereocenters. The summed E-state index contributed by atoms with van der Waals surface area (Å²) in [7, 11) is -3.84. The summed E-state index contributed by atoms with van der Waals surface area (Å²) in [6.45, 7) is -0.188. The molecular formula is C22H15BrClFN2O3S. The highest BCUT2D eigenvalue weighted by Crippen LogP contribution is 2.31. The van der Waals surface area contributed by atoms with Crippen LogP contribution in [0.3, 0.4) is 0 Å². The van der Waals surface area contributed by atoms with Gasteiger partial charge in [-0.1, -0.05) is 45.7 Å². The maximum absolute atomic E-state index is 14.0. The summed E-state index contributed by atoms with van der Waals surface area (Å²) in [6, 6.07) is 17.1. The van der Waals surface area contributed by atoms with E-state index in [9.17, 15) is 17.6 Å². The number of nitrogens with one attached hydrogen (secondary N) is 1. The second-order valence-electron chi connectivity index (χ2n) is 6.77. The number of aromatic nitrogens is 1. The van der Waals surface area contributed by atoms with Gasteiger partial charge >= 0.3 is 0 Å². The van der Waals surface area contributed by atoms with E-state index in [1.807, 2.05) is 0 Å². The van der Waals surface area contributed by atoms with Crippen molar-refractivity contribution in [2.75, 3.05) is 5.32 Å². The quantitative estimate of drug-likeness (QED) is 0.368. The number of carbonyl (C=O) groups excluding carboxylic acids is 1. The Hall–Kier alpha value is -2.68. The number of nitrogens with zero attached hydrogens (tertiary/aromatic N) is 1. The fourth-order valence-electron chi connectivity index (χ4n) is 3.23. The van der Waals surface area contributed by atoms with Gasteiger partial charge in [-0.3, -0.25) is 4.79 Å². The number of carbonyl (C=O) groups is 1. The third kappa shape index (κ3) is 4.37. The predicted octanol–water partition coefficient (Wildman–Crippen LogP) is 5.67. The molecule has 4 aromatic rings. The van der Waals surface area contributed by atoms with Gasteiger partial charge in [0.05, 0.1) is 15.5 Å². The first-order valence-corrected chi connectivity index (χ1v) is 11.7. The molecule has 0 aliphatic rings. The van der Waals surface area contributed by atoms with Crippen LogP contribution in [0.25, 0.3) is 10.9 Å². The third-order valence-electron chi connectivity index (χ3n) is 4.68. The second-order valence-corrected chi connectivity index (χ2v) is 10.0. The summed E-state index contributed by atoms with van der Waals surface area (Å²) < 4.78 is 42.6. The Morgan fingerprint density at radius 2 is 1.77 bits per heavy atom. The minimum Gasteiger partial charge on any atom is -0.337 e. The molecule has 0 bridgehead atoms. The molecule has 0 saturated carbocycles. The van der Waals surface area contributed by atoms with E-state index in [0.29, 0.717) is 20.4 Å². The maximum atomic E-state index is 14.0. The van der Waals surface area contributed by atoms with Gasteiger partial charge in [-0.05, 0) is 48.5 Å². The number of hydrogen-bond acceptors (Lipinski definition) is 3. The molecule has 0 saturated heterocycles. The molecule has 0 spiro atoms. The zero-order valence-corrected chi connectivity index (χ0v) is 19.0. The number of amides is 1.